The Labute approximate surface area is 167 Å². The fraction of sp³-hybridized carbons (Fsp3) is 0.400. The van der Waals surface area contributed by atoms with Gasteiger partial charge in [0.1, 0.15) is 11.7 Å². The van der Waals surface area contributed by atoms with Crippen LogP contribution in [0.1, 0.15) is 40.5 Å². The van der Waals surface area contributed by atoms with Crippen LogP contribution in [0, 0.1) is 0 Å². The highest BCUT2D eigenvalue weighted by molar-refractivity contribution is 7.10. The molecule has 4 heterocycles. The van der Waals surface area contributed by atoms with Crippen molar-refractivity contribution in [2.75, 3.05) is 18.4 Å². The van der Waals surface area contributed by atoms with Gasteiger partial charge in [0.15, 0.2) is 0 Å². The molecule has 8 heteroatoms. The van der Waals surface area contributed by atoms with Gasteiger partial charge in [-0.3, -0.25) is 9.59 Å². The van der Waals surface area contributed by atoms with E-state index < -0.39 is 5.66 Å². The number of fused-ring (bicyclic) bond motifs is 1. The van der Waals surface area contributed by atoms with Gasteiger partial charge in [-0.2, -0.15) is 0 Å². The lowest BCUT2D eigenvalue weighted by molar-refractivity contribution is -0.134. The molecule has 2 fully saturated rings. The van der Waals surface area contributed by atoms with E-state index in [0.29, 0.717) is 31.5 Å². The summed E-state index contributed by atoms with van der Waals surface area (Å²) in [6, 6.07) is 11.7. The molecule has 2 aromatic rings. The molecule has 1 aromatic heterocycles. The Hall–Kier alpha value is -2.42. The number of nitrogens with zero attached hydrogens (tertiary/aromatic N) is 1. The number of carbonyl (C=O) groups is 2. The smallest absolute Gasteiger partial charge is 0.255 e. The molecule has 5 rings (SSSR count). The van der Waals surface area contributed by atoms with Gasteiger partial charge in [-0.15, -0.1) is 11.3 Å². The molecule has 1 spiro atoms. The van der Waals surface area contributed by atoms with Gasteiger partial charge in [0.25, 0.3) is 5.91 Å². The second-order valence-corrected chi connectivity index (χ2v) is 8.66. The molecular weight excluding hydrogens is 374 g/mol. The molecule has 0 aliphatic carbocycles. The number of anilines is 1. The van der Waals surface area contributed by atoms with E-state index in [4.69, 9.17) is 0 Å². The molecule has 4 N–H and O–H groups in total. The van der Waals surface area contributed by atoms with Crippen LogP contribution in [0.3, 0.4) is 0 Å². The maximum absolute atomic E-state index is 13.0. The molecule has 1 aromatic carbocycles. The number of hydrazine groups is 1. The zero-order valence-electron chi connectivity index (χ0n) is 15.4. The van der Waals surface area contributed by atoms with E-state index in [2.05, 4.69) is 32.9 Å². The maximum atomic E-state index is 13.0. The topological polar surface area (TPSA) is 85.5 Å². The molecule has 0 saturated carbocycles. The molecule has 2 amide bonds. The van der Waals surface area contributed by atoms with Crippen LogP contribution in [-0.4, -0.2) is 41.5 Å². The van der Waals surface area contributed by atoms with Crippen molar-refractivity contribution >= 4 is 28.8 Å². The first-order valence-corrected chi connectivity index (χ1v) is 10.5. The van der Waals surface area contributed by atoms with Crippen LogP contribution in [0.4, 0.5) is 5.69 Å². The molecule has 146 valence electrons. The number of nitrogens with one attached hydrogen (secondary N) is 4. The van der Waals surface area contributed by atoms with Gasteiger partial charge in [0.2, 0.25) is 5.91 Å². The second-order valence-electron chi connectivity index (χ2n) is 7.68. The first-order chi connectivity index (χ1) is 13.6. The van der Waals surface area contributed by atoms with Crippen molar-refractivity contribution in [1.82, 2.24) is 21.1 Å². The Bertz CT molecular complexity index is 892. The molecule has 28 heavy (non-hydrogen) atoms. The quantitative estimate of drug-likeness (QED) is 0.621. The van der Waals surface area contributed by atoms with Crippen LogP contribution in [0.2, 0.25) is 0 Å². The van der Waals surface area contributed by atoms with E-state index in [1.54, 1.807) is 11.3 Å². The molecule has 0 bridgehead atoms. The summed E-state index contributed by atoms with van der Waals surface area (Å²) < 4.78 is 0. The lowest BCUT2D eigenvalue weighted by atomic mass is 9.92. The van der Waals surface area contributed by atoms with Gasteiger partial charge in [-0.25, -0.2) is 10.9 Å². The average molecular weight is 398 g/mol. The molecule has 2 saturated heterocycles. The number of amides is 2. The van der Waals surface area contributed by atoms with E-state index in [1.807, 2.05) is 35.2 Å². The molecular formula is C20H23N5O2S. The summed E-state index contributed by atoms with van der Waals surface area (Å²) in [5.74, 6) is 0.0820. The van der Waals surface area contributed by atoms with Crippen LogP contribution in [0.15, 0.2) is 41.8 Å². The number of hydrogen-bond donors (Lipinski definition) is 4. The summed E-state index contributed by atoms with van der Waals surface area (Å²) >= 11 is 1.70. The van der Waals surface area contributed by atoms with Crippen molar-refractivity contribution in [3.8, 4) is 0 Å². The van der Waals surface area contributed by atoms with Crippen LogP contribution in [0.5, 0.6) is 0 Å². The highest BCUT2D eigenvalue weighted by Gasteiger charge is 2.42. The largest absolute Gasteiger partial charge is 0.362 e. The van der Waals surface area contributed by atoms with Crippen molar-refractivity contribution in [2.45, 2.75) is 37.0 Å². The number of piperidine rings is 1. The monoisotopic (exact) mass is 397 g/mol. The highest BCUT2D eigenvalue weighted by atomic mass is 32.1. The van der Waals surface area contributed by atoms with Gasteiger partial charge in [-0.1, -0.05) is 18.2 Å². The van der Waals surface area contributed by atoms with Crippen LogP contribution >= 0.6 is 11.3 Å². The fourth-order valence-corrected chi connectivity index (χ4v) is 5.13. The number of rotatable bonds is 2. The Morgan fingerprint density at radius 3 is 2.68 bits per heavy atom. The average Bonchev–Trinajstić information content (AvgIpc) is 3.40. The zero-order chi connectivity index (χ0) is 19.1. The summed E-state index contributed by atoms with van der Waals surface area (Å²) in [4.78, 5) is 28.6. The molecule has 3 aliphatic rings. The third kappa shape index (κ3) is 3.07. The minimum atomic E-state index is -0.469. The van der Waals surface area contributed by atoms with Gasteiger partial charge in [0.05, 0.1) is 11.6 Å². The first kappa shape index (κ1) is 17.7. The maximum Gasteiger partial charge on any atom is 0.255 e. The standard InChI is InChI=1S/C20H23N5O2S/c26-18-13-4-1-2-5-14(13)21-20(22-18)7-9-25(10-8-20)19(27)16-12-15(23-24-16)17-6-3-11-28-17/h1-6,11,15-16,21,23-24H,7-10,12H2,(H,22,26). The fourth-order valence-electron chi connectivity index (χ4n) is 4.34. The van der Waals surface area contributed by atoms with E-state index in [-0.39, 0.29) is 23.9 Å². The van der Waals surface area contributed by atoms with Crippen molar-refractivity contribution in [1.29, 1.82) is 0 Å². The molecule has 3 aliphatic heterocycles. The van der Waals surface area contributed by atoms with Crippen LogP contribution in [0.25, 0.3) is 0 Å². The number of hydrogen-bond acceptors (Lipinski definition) is 6. The summed E-state index contributed by atoms with van der Waals surface area (Å²) in [5, 5.41) is 8.68. The Morgan fingerprint density at radius 1 is 1.07 bits per heavy atom. The molecule has 0 radical (unpaired) electrons. The van der Waals surface area contributed by atoms with E-state index >= 15 is 0 Å². The summed E-state index contributed by atoms with van der Waals surface area (Å²) in [6.45, 7) is 1.24. The van der Waals surface area contributed by atoms with Gasteiger partial charge >= 0.3 is 0 Å². The lowest BCUT2D eigenvalue weighted by Gasteiger charge is -2.46. The molecule has 2 unspecified atom stereocenters. The molecule has 2 atom stereocenters. The molecule has 7 nitrogen and oxygen atoms in total. The number of likely N-dealkylation sites (tertiary alicyclic amines) is 1. The highest BCUT2D eigenvalue weighted by Crippen LogP contribution is 2.32. The minimum Gasteiger partial charge on any atom is -0.362 e. The summed E-state index contributed by atoms with van der Waals surface area (Å²) in [7, 11) is 0. The minimum absolute atomic E-state index is 0.0467. The Kier molecular flexibility index (Phi) is 4.34. The Morgan fingerprint density at radius 2 is 1.89 bits per heavy atom. The van der Waals surface area contributed by atoms with E-state index in [1.165, 1.54) is 4.88 Å². The Balaban J connectivity index is 1.22. The van der Waals surface area contributed by atoms with Crippen molar-refractivity contribution < 1.29 is 9.59 Å². The summed E-state index contributed by atoms with van der Waals surface area (Å²) in [5.41, 5.74) is 7.48. The third-order valence-electron chi connectivity index (χ3n) is 5.92. The van der Waals surface area contributed by atoms with E-state index in [0.717, 1.165) is 12.1 Å². The number of carbonyl (C=O) groups excluding carboxylic acids is 2. The SMILES string of the molecule is O=C1NC2(CCN(C(=O)C3CC(c4cccs4)NN3)CC2)Nc2ccccc21. The summed E-state index contributed by atoms with van der Waals surface area (Å²) in [6.07, 6.45) is 2.13. The zero-order valence-corrected chi connectivity index (χ0v) is 16.2. The lowest BCUT2D eigenvalue weighted by Crippen LogP contribution is -2.63. The predicted octanol–water partition coefficient (Wildman–Crippen LogP) is 1.83. The van der Waals surface area contributed by atoms with Gasteiger partial charge < -0.3 is 15.5 Å². The number of benzene rings is 1. The van der Waals surface area contributed by atoms with Crippen molar-refractivity contribution in [2.24, 2.45) is 0 Å². The van der Waals surface area contributed by atoms with Crippen LogP contribution in [-0.2, 0) is 4.79 Å². The van der Waals surface area contributed by atoms with Gasteiger partial charge in [0, 0.05) is 36.5 Å². The number of thiophene rings is 1. The first-order valence-electron chi connectivity index (χ1n) is 9.67. The van der Waals surface area contributed by atoms with Gasteiger partial charge in [-0.05, 0) is 30.0 Å². The van der Waals surface area contributed by atoms with E-state index in [9.17, 15) is 9.59 Å². The normalized spacial score (nSPS) is 25.9. The van der Waals surface area contributed by atoms with Crippen molar-refractivity contribution in [3.05, 3.63) is 52.2 Å². The van der Waals surface area contributed by atoms with Crippen LogP contribution < -0.4 is 21.5 Å². The second kappa shape index (κ2) is 6.88. The number of para-hydroxylation sites is 1. The van der Waals surface area contributed by atoms with Crippen molar-refractivity contribution in [3.63, 3.8) is 0 Å². The predicted molar refractivity (Wildman–Crippen MR) is 108 cm³/mol. The third-order valence-corrected chi connectivity index (χ3v) is 6.90.